The number of carbonyl (C=O) groups excluding carboxylic acids is 1. The fraction of sp³-hybridized carbons (Fsp3) is 0.413. The Kier molecular flexibility index (Phi) is 22.6. The number of ether oxygens (including phenoxy) is 3. The molecule has 0 saturated carbocycles. The smallest absolute Gasteiger partial charge is 0.336 e. The van der Waals surface area contributed by atoms with Crippen LogP contribution < -0.4 is 14.2 Å². The van der Waals surface area contributed by atoms with Crippen molar-refractivity contribution in [3.8, 4) is 17.2 Å². The number of hydrogen-bond donors (Lipinski definition) is 0. The predicted molar refractivity (Wildman–Crippen MR) is 219 cm³/mol. The summed E-state index contributed by atoms with van der Waals surface area (Å²) in [6, 6.07) is 9.85. The Morgan fingerprint density at radius 2 is 1.14 bits per heavy atom. The molecule has 5 heteroatoms. The third-order valence-electron chi connectivity index (χ3n) is 8.28. The zero-order chi connectivity index (χ0) is 37.1. The van der Waals surface area contributed by atoms with Crippen molar-refractivity contribution in [2.45, 2.75) is 98.3 Å². The Morgan fingerprint density at radius 1 is 0.608 bits per heavy atom. The van der Waals surface area contributed by atoms with Crippen LogP contribution in [0.2, 0.25) is 5.02 Å². The molecule has 0 heterocycles. The van der Waals surface area contributed by atoms with E-state index in [1.54, 1.807) is 20.3 Å². The summed E-state index contributed by atoms with van der Waals surface area (Å²) in [4.78, 5) is 12.9. The number of esters is 1. The fourth-order valence-electron chi connectivity index (χ4n) is 5.48. The van der Waals surface area contributed by atoms with Crippen LogP contribution in [0.3, 0.4) is 0 Å². The van der Waals surface area contributed by atoms with Crippen molar-refractivity contribution >= 4 is 23.6 Å². The molecule has 4 nitrogen and oxygen atoms in total. The number of carbonyl (C=O) groups is 1. The highest BCUT2D eigenvalue weighted by Crippen LogP contribution is 2.34. The topological polar surface area (TPSA) is 44.8 Å². The SMILES string of the molecule is COc1ccc(C=CC=CC=CC=CC=CC=CC=CC(=O)Oc2cc(CCCC(C)C)cc(OC)c2CCCCCCCCC(C)C)cc1Cl. The highest BCUT2D eigenvalue weighted by molar-refractivity contribution is 6.32. The van der Waals surface area contributed by atoms with Crippen LogP contribution in [-0.2, 0) is 17.6 Å². The Balaban J connectivity index is 1.89. The standard InChI is InChI=1S/C46H61ClO4/c1-37(2)26-21-17-15-16-19-23-30-41-44(50-6)35-40(29-25-27-38(3)4)36-45(41)51-46(48)31-24-20-14-12-10-8-7-9-11-13-18-22-28-39-32-33-43(49-5)42(47)34-39/h7-14,18,20,22,24,28,31-38H,15-17,19,21,23,25-27,29-30H2,1-6H3. The van der Waals surface area contributed by atoms with E-state index in [0.717, 1.165) is 66.9 Å². The first-order chi connectivity index (χ1) is 24.7. The van der Waals surface area contributed by atoms with Crippen molar-refractivity contribution in [2.24, 2.45) is 11.8 Å². The van der Waals surface area contributed by atoms with Gasteiger partial charge in [-0.05, 0) is 72.9 Å². The molecule has 2 rings (SSSR count). The molecule has 276 valence electrons. The molecule has 0 amide bonds. The van der Waals surface area contributed by atoms with Crippen LogP contribution in [0.4, 0.5) is 0 Å². The molecule has 0 aliphatic carbocycles. The van der Waals surface area contributed by atoms with Gasteiger partial charge in [0.25, 0.3) is 0 Å². The van der Waals surface area contributed by atoms with Crippen molar-refractivity contribution in [2.75, 3.05) is 14.2 Å². The monoisotopic (exact) mass is 712 g/mol. The Bertz CT molecular complexity index is 1500. The first kappa shape index (κ1) is 43.1. The lowest BCUT2D eigenvalue weighted by Crippen LogP contribution is -2.08. The maximum absolute atomic E-state index is 12.9. The number of hydrogen-bond acceptors (Lipinski definition) is 4. The summed E-state index contributed by atoms with van der Waals surface area (Å²) in [5.41, 5.74) is 3.13. The second-order valence-electron chi connectivity index (χ2n) is 13.6. The van der Waals surface area contributed by atoms with Gasteiger partial charge in [-0.2, -0.15) is 0 Å². The average Bonchev–Trinajstić information content (AvgIpc) is 3.09. The van der Waals surface area contributed by atoms with Crippen LogP contribution in [-0.4, -0.2) is 20.2 Å². The molecule has 51 heavy (non-hydrogen) atoms. The zero-order valence-corrected chi connectivity index (χ0v) is 32.7. The second kappa shape index (κ2) is 26.7. The minimum absolute atomic E-state index is 0.392. The molecule has 0 N–H and O–H groups in total. The van der Waals surface area contributed by atoms with Gasteiger partial charge in [-0.25, -0.2) is 4.79 Å². The highest BCUT2D eigenvalue weighted by Gasteiger charge is 2.15. The van der Waals surface area contributed by atoms with Gasteiger partial charge in [0.15, 0.2) is 0 Å². The first-order valence-electron chi connectivity index (χ1n) is 18.7. The Hall–Kier alpha value is -4.02. The lowest BCUT2D eigenvalue weighted by Gasteiger charge is -2.16. The van der Waals surface area contributed by atoms with Gasteiger partial charge in [0.1, 0.15) is 17.2 Å². The fourth-order valence-corrected chi connectivity index (χ4v) is 5.75. The van der Waals surface area contributed by atoms with Crippen LogP contribution in [0.1, 0.15) is 102 Å². The molecule has 0 aromatic heterocycles. The molecular formula is C46H61ClO4. The molecule has 0 bridgehead atoms. The van der Waals surface area contributed by atoms with Crippen molar-refractivity contribution in [3.63, 3.8) is 0 Å². The van der Waals surface area contributed by atoms with E-state index in [9.17, 15) is 4.79 Å². The summed E-state index contributed by atoms with van der Waals surface area (Å²) in [7, 11) is 3.31. The summed E-state index contributed by atoms with van der Waals surface area (Å²) in [5.74, 6) is 3.15. The van der Waals surface area contributed by atoms with E-state index in [4.69, 9.17) is 25.8 Å². The van der Waals surface area contributed by atoms with Crippen molar-refractivity contribution in [1.82, 2.24) is 0 Å². The average molecular weight is 713 g/mol. The van der Waals surface area contributed by atoms with Crippen LogP contribution in [0.25, 0.3) is 6.08 Å². The van der Waals surface area contributed by atoms with E-state index in [1.165, 1.54) is 38.2 Å². The van der Waals surface area contributed by atoms with E-state index in [0.29, 0.717) is 22.4 Å². The number of rotatable bonds is 24. The van der Waals surface area contributed by atoms with Gasteiger partial charge >= 0.3 is 5.97 Å². The van der Waals surface area contributed by atoms with E-state index in [-0.39, 0.29) is 0 Å². The number of benzene rings is 2. The second-order valence-corrected chi connectivity index (χ2v) is 14.0. The normalized spacial score (nSPS) is 12.6. The maximum atomic E-state index is 12.9. The molecule has 2 aromatic rings. The lowest BCUT2D eigenvalue weighted by molar-refractivity contribution is -0.129. The third kappa shape index (κ3) is 19.8. The minimum Gasteiger partial charge on any atom is -0.496 e. The lowest BCUT2D eigenvalue weighted by atomic mass is 9.97. The molecule has 0 aliphatic rings. The van der Waals surface area contributed by atoms with Gasteiger partial charge in [-0.15, -0.1) is 0 Å². The summed E-state index contributed by atoms with van der Waals surface area (Å²) >= 11 is 6.17. The third-order valence-corrected chi connectivity index (χ3v) is 8.58. The molecule has 0 atom stereocenters. The van der Waals surface area contributed by atoms with E-state index in [2.05, 4.69) is 33.8 Å². The van der Waals surface area contributed by atoms with Crippen molar-refractivity contribution < 1.29 is 19.0 Å². The molecule has 0 saturated heterocycles. The molecular weight excluding hydrogens is 652 g/mol. The number of aryl methyl sites for hydroxylation is 1. The maximum Gasteiger partial charge on any atom is 0.336 e. The quantitative estimate of drug-likeness (QED) is 0.0357. The van der Waals surface area contributed by atoms with Crippen LogP contribution in [0.5, 0.6) is 17.2 Å². The Morgan fingerprint density at radius 3 is 1.73 bits per heavy atom. The predicted octanol–water partition coefficient (Wildman–Crippen LogP) is 13.2. The number of halogens is 1. The molecule has 0 fully saturated rings. The van der Waals surface area contributed by atoms with Gasteiger partial charge in [0.2, 0.25) is 0 Å². The summed E-state index contributed by atoms with van der Waals surface area (Å²) in [6.07, 6.45) is 39.0. The number of methoxy groups -OCH3 is 2. The van der Waals surface area contributed by atoms with E-state index >= 15 is 0 Å². The first-order valence-corrected chi connectivity index (χ1v) is 19.0. The van der Waals surface area contributed by atoms with Crippen LogP contribution in [0, 0.1) is 11.8 Å². The molecule has 0 aliphatic heterocycles. The Labute approximate surface area is 314 Å². The summed E-state index contributed by atoms with van der Waals surface area (Å²) < 4.78 is 16.9. The number of unbranched alkanes of at least 4 members (excludes halogenated alkanes) is 5. The largest absolute Gasteiger partial charge is 0.496 e. The number of allylic oxidation sites excluding steroid dienone is 12. The molecule has 0 spiro atoms. The summed E-state index contributed by atoms with van der Waals surface area (Å²) in [5, 5.41) is 0.591. The molecule has 0 radical (unpaired) electrons. The molecule has 2 aromatic carbocycles. The van der Waals surface area contributed by atoms with Gasteiger partial charge in [-0.3, -0.25) is 0 Å². The van der Waals surface area contributed by atoms with Gasteiger partial charge < -0.3 is 14.2 Å². The van der Waals surface area contributed by atoms with Crippen LogP contribution in [0.15, 0.2) is 109 Å². The van der Waals surface area contributed by atoms with E-state index in [1.807, 2.05) is 97.2 Å². The van der Waals surface area contributed by atoms with Gasteiger partial charge in [0.05, 0.1) is 19.2 Å². The van der Waals surface area contributed by atoms with Crippen molar-refractivity contribution in [1.29, 1.82) is 0 Å². The van der Waals surface area contributed by atoms with Gasteiger partial charge in [0, 0.05) is 11.6 Å². The highest BCUT2D eigenvalue weighted by atomic mass is 35.5. The van der Waals surface area contributed by atoms with E-state index < -0.39 is 5.97 Å². The summed E-state index contributed by atoms with van der Waals surface area (Å²) in [6.45, 7) is 9.08. The van der Waals surface area contributed by atoms with Gasteiger partial charge in [-0.1, -0.05) is 169 Å². The zero-order valence-electron chi connectivity index (χ0n) is 31.9. The van der Waals surface area contributed by atoms with Crippen LogP contribution >= 0.6 is 11.6 Å². The molecule has 0 unspecified atom stereocenters. The minimum atomic E-state index is -0.392. The van der Waals surface area contributed by atoms with Crippen molar-refractivity contribution in [3.05, 3.63) is 131 Å².